The van der Waals surface area contributed by atoms with E-state index in [9.17, 15) is 0 Å². The normalized spacial score (nSPS) is 17.1. The quantitative estimate of drug-likeness (QED) is 0.690. The lowest BCUT2D eigenvalue weighted by atomic mass is 10.0. The molecule has 0 N–H and O–H groups in total. The Bertz CT molecular complexity index is 807. The number of hydrogen-bond donors (Lipinski definition) is 0. The van der Waals surface area contributed by atoms with Crippen LogP contribution in [0.15, 0.2) is 84.5 Å². The van der Waals surface area contributed by atoms with Gasteiger partial charge in [-0.15, -0.1) is 0 Å². The van der Waals surface area contributed by atoms with Gasteiger partial charge in [0.05, 0.1) is 0 Å². The summed E-state index contributed by atoms with van der Waals surface area (Å²) in [6.45, 7) is 2.32. The summed E-state index contributed by atoms with van der Waals surface area (Å²) < 4.78 is 8.65. The van der Waals surface area contributed by atoms with Crippen molar-refractivity contribution < 1.29 is 9.31 Å². The van der Waals surface area contributed by atoms with Crippen molar-refractivity contribution >= 4 is 17.7 Å². The van der Waals surface area contributed by atoms with Crippen LogP contribution < -0.4 is 0 Å². The van der Waals surface area contributed by atoms with Crippen molar-refractivity contribution in [3.05, 3.63) is 95.6 Å². The van der Waals surface area contributed by atoms with Gasteiger partial charge in [-0.1, -0.05) is 60.7 Å². The van der Waals surface area contributed by atoms with Crippen LogP contribution in [-0.4, -0.2) is 23.9 Å². The van der Waals surface area contributed by atoms with Gasteiger partial charge in [0.1, 0.15) is 24.6 Å². The van der Waals surface area contributed by atoms with Crippen LogP contribution in [0.2, 0.25) is 0 Å². The van der Waals surface area contributed by atoms with Gasteiger partial charge in [-0.2, -0.15) is 0 Å². The van der Waals surface area contributed by atoms with Crippen LogP contribution in [0.1, 0.15) is 30.4 Å². The molecule has 0 unspecified atom stereocenters. The predicted molar refractivity (Wildman–Crippen MR) is 108 cm³/mol. The van der Waals surface area contributed by atoms with Gasteiger partial charge >= 0.3 is 0 Å². The molecule has 0 saturated carbocycles. The third kappa shape index (κ3) is 4.02. The molecule has 2 nitrogen and oxygen atoms in total. The minimum atomic E-state index is 0.894. The molecule has 26 heavy (non-hydrogen) atoms. The lowest BCUT2D eigenvalue weighted by Crippen LogP contribution is -2.20. The van der Waals surface area contributed by atoms with Gasteiger partial charge in [-0.3, -0.25) is 0 Å². The highest BCUT2D eigenvalue weighted by atomic mass is 16.5. The summed E-state index contributed by atoms with van der Waals surface area (Å²) in [4.78, 5) is 0. The smallest absolute Gasteiger partial charge is 0.163 e. The van der Waals surface area contributed by atoms with Crippen LogP contribution >= 0.6 is 0 Å². The number of nitrogens with zero attached hydrogens (tertiary/aromatic N) is 1. The zero-order valence-corrected chi connectivity index (χ0v) is 15.0. The first-order chi connectivity index (χ1) is 12.9. The molecule has 2 aromatic carbocycles. The highest BCUT2D eigenvalue weighted by molar-refractivity contribution is 5.81. The van der Waals surface area contributed by atoms with E-state index in [-0.39, 0.29) is 0 Å². The van der Waals surface area contributed by atoms with Crippen LogP contribution in [0.5, 0.6) is 0 Å². The lowest BCUT2D eigenvalue weighted by Gasteiger charge is -2.18. The van der Waals surface area contributed by atoms with Crippen LogP contribution in [0.25, 0.3) is 11.5 Å². The average molecular weight is 342 g/mol. The Labute approximate surface area is 155 Å². The van der Waals surface area contributed by atoms with Gasteiger partial charge in [0, 0.05) is 30.0 Å². The van der Waals surface area contributed by atoms with E-state index in [4.69, 9.17) is 4.74 Å². The summed E-state index contributed by atoms with van der Waals surface area (Å²) >= 11 is 0. The SMILES string of the molecule is C(C=[N+]1CCCCC1)=C1C=C(c2ccccc2)OC(c2ccccc2)=C1. The van der Waals surface area contributed by atoms with Gasteiger partial charge in [-0.25, -0.2) is 4.58 Å². The number of allylic oxidation sites excluding steroid dienone is 4. The van der Waals surface area contributed by atoms with E-state index in [1.54, 1.807) is 0 Å². The third-order valence-corrected chi connectivity index (χ3v) is 4.80. The number of benzene rings is 2. The Morgan fingerprint density at radius 3 is 1.77 bits per heavy atom. The molecule has 1 saturated heterocycles. The standard InChI is InChI=1S/C24H24NO/c1-4-10-21(11-5-1)23-18-20(14-17-25-15-8-3-9-16-25)19-24(26-23)22-12-6-2-7-13-22/h1-2,4-7,10-14,17-19H,3,8-9,15-16H2/q+1. The van der Waals surface area contributed by atoms with E-state index in [0.29, 0.717) is 0 Å². The maximum Gasteiger partial charge on any atom is 0.163 e. The maximum absolute atomic E-state index is 6.23. The third-order valence-electron chi connectivity index (χ3n) is 4.80. The maximum atomic E-state index is 6.23. The van der Waals surface area contributed by atoms with Crippen LogP contribution in [0.4, 0.5) is 0 Å². The van der Waals surface area contributed by atoms with Crippen molar-refractivity contribution in [2.45, 2.75) is 19.3 Å². The molecule has 2 heterocycles. The molecule has 2 aliphatic heterocycles. The Balaban J connectivity index is 1.69. The largest absolute Gasteiger partial charge is 0.456 e. The minimum absolute atomic E-state index is 0.894. The fraction of sp³-hybridized carbons (Fsp3) is 0.208. The Kier molecular flexibility index (Phi) is 5.11. The average Bonchev–Trinajstić information content (AvgIpc) is 2.74. The first kappa shape index (κ1) is 16.6. The van der Waals surface area contributed by atoms with Gasteiger partial charge < -0.3 is 4.74 Å². The minimum Gasteiger partial charge on any atom is -0.456 e. The molecule has 4 rings (SSSR count). The Morgan fingerprint density at radius 2 is 1.23 bits per heavy atom. The Morgan fingerprint density at radius 1 is 0.692 bits per heavy atom. The predicted octanol–water partition coefficient (Wildman–Crippen LogP) is 5.29. The van der Waals surface area contributed by atoms with Crippen molar-refractivity contribution in [1.29, 1.82) is 0 Å². The second kappa shape index (κ2) is 8.01. The summed E-state index contributed by atoms with van der Waals surface area (Å²) in [6.07, 6.45) is 12.6. The first-order valence-corrected chi connectivity index (χ1v) is 9.40. The number of ether oxygens (including phenoxy) is 1. The van der Waals surface area contributed by atoms with Gasteiger partial charge in [0.15, 0.2) is 6.21 Å². The highest BCUT2D eigenvalue weighted by Gasteiger charge is 2.15. The fourth-order valence-corrected chi connectivity index (χ4v) is 3.37. The molecule has 2 aliphatic rings. The molecule has 0 aliphatic carbocycles. The number of hydrogen-bond acceptors (Lipinski definition) is 1. The van der Waals surface area contributed by atoms with E-state index in [0.717, 1.165) is 35.7 Å². The number of rotatable bonds is 3. The number of piperidine rings is 1. The van der Waals surface area contributed by atoms with E-state index >= 15 is 0 Å². The summed E-state index contributed by atoms with van der Waals surface area (Å²) in [7, 11) is 0. The molecule has 0 aromatic heterocycles. The van der Waals surface area contributed by atoms with Crippen LogP contribution in [0.3, 0.4) is 0 Å². The zero-order valence-electron chi connectivity index (χ0n) is 15.0. The molecular weight excluding hydrogens is 318 g/mol. The molecule has 0 spiro atoms. The molecule has 1 fully saturated rings. The summed E-state index contributed by atoms with van der Waals surface area (Å²) in [6, 6.07) is 20.6. The monoisotopic (exact) mass is 342 g/mol. The van der Waals surface area contributed by atoms with Crippen molar-refractivity contribution in [3.8, 4) is 0 Å². The summed E-state index contributed by atoms with van der Waals surface area (Å²) in [5, 5.41) is 0. The fourth-order valence-electron chi connectivity index (χ4n) is 3.37. The molecule has 2 aromatic rings. The second-order valence-electron chi connectivity index (χ2n) is 6.76. The van der Waals surface area contributed by atoms with E-state index < -0.39 is 0 Å². The van der Waals surface area contributed by atoms with Crippen molar-refractivity contribution in [2.75, 3.05) is 13.1 Å². The van der Waals surface area contributed by atoms with E-state index in [2.05, 4.69) is 53.3 Å². The second-order valence-corrected chi connectivity index (χ2v) is 6.76. The van der Waals surface area contributed by atoms with Gasteiger partial charge in [0.25, 0.3) is 0 Å². The first-order valence-electron chi connectivity index (χ1n) is 9.40. The van der Waals surface area contributed by atoms with Crippen LogP contribution in [-0.2, 0) is 4.74 Å². The van der Waals surface area contributed by atoms with Gasteiger partial charge in [0.2, 0.25) is 0 Å². The van der Waals surface area contributed by atoms with Crippen molar-refractivity contribution in [2.24, 2.45) is 0 Å². The van der Waals surface area contributed by atoms with Crippen molar-refractivity contribution in [1.82, 2.24) is 0 Å². The molecular formula is C24H24NO+. The summed E-state index contributed by atoms with van der Waals surface area (Å²) in [5.74, 6) is 1.79. The summed E-state index contributed by atoms with van der Waals surface area (Å²) in [5.41, 5.74) is 3.36. The zero-order chi connectivity index (χ0) is 17.6. The molecule has 0 atom stereocenters. The molecule has 0 radical (unpaired) electrons. The van der Waals surface area contributed by atoms with Crippen molar-refractivity contribution in [3.63, 3.8) is 0 Å². The lowest BCUT2D eigenvalue weighted by molar-refractivity contribution is -0.532. The topological polar surface area (TPSA) is 12.2 Å². The van der Waals surface area contributed by atoms with E-state index in [1.165, 1.54) is 24.8 Å². The molecule has 130 valence electrons. The van der Waals surface area contributed by atoms with Crippen LogP contribution in [0, 0.1) is 0 Å². The Hall–Kier alpha value is -2.87. The van der Waals surface area contributed by atoms with Gasteiger partial charge in [-0.05, 0) is 24.1 Å². The molecule has 0 amide bonds. The van der Waals surface area contributed by atoms with E-state index in [1.807, 2.05) is 36.4 Å². The highest BCUT2D eigenvalue weighted by Crippen LogP contribution is 2.31. The molecule has 2 heteroatoms. The molecule has 0 bridgehead atoms.